The van der Waals surface area contributed by atoms with Crippen molar-refractivity contribution in [1.29, 1.82) is 0 Å². The summed E-state index contributed by atoms with van der Waals surface area (Å²) in [7, 11) is 0. The Kier molecular flexibility index (Phi) is 4.84. The highest BCUT2D eigenvalue weighted by atomic mass is 32.1. The van der Waals surface area contributed by atoms with E-state index in [1.165, 1.54) is 23.5 Å². The number of pyridine rings is 1. The summed E-state index contributed by atoms with van der Waals surface area (Å²) in [5, 5.41) is 9.23. The van der Waals surface area contributed by atoms with Crippen LogP contribution in [0.3, 0.4) is 0 Å². The number of aromatic nitrogens is 1. The molecule has 1 N–H and O–H groups in total. The Bertz CT molecular complexity index is 1210. The van der Waals surface area contributed by atoms with Crippen LogP contribution in [0.25, 0.3) is 21.3 Å². The van der Waals surface area contributed by atoms with Crippen LogP contribution >= 0.6 is 11.3 Å². The van der Waals surface area contributed by atoms with Gasteiger partial charge in [-0.2, -0.15) is 13.2 Å². The van der Waals surface area contributed by atoms with Crippen LogP contribution in [0.2, 0.25) is 0 Å². The minimum absolute atomic E-state index is 0.188. The minimum Gasteiger partial charge on any atom is -0.478 e. The molecule has 2 aromatic heterocycles. The molecule has 3 nitrogen and oxygen atoms in total. The molecule has 0 aliphatic carbocycles. The molecule has 0 saturated heterocycles. The van der Waals surface area contributed by atoms with Crippen molar-refractivity contribution in [2.45, 2.75) is 12.6 Å². The van der Waals surface area contributed by atoms with Gasteiger partial charge in [0.2, 0.25) is 0 Å². The molecule has 0 bridgehead atoms. The Morgan fingerprint density at radius 3 is 2.59 bits per heavy atom. The molecule has 0 aliphatic rings. The number of hydrogen-bond acceptors (Lipinski definition) is 3. The number of alkyl halides is 3. The highest BCUT2D eigenvalue weighted by molar-refractivity contribution is 7.19. The first kappa shape index (κ1) is 19.1. The highest BCUT2D eigenvalue weighted by Crippen LogP contribution is 2.36. The first-order valence-corrected chi connectivity index (χ1v) is 9.50. The summed E-state index contributed by atoms with van der Waals surface area (Å²) < 4.78 is 39.7. The van der Waals surface area contributed by atoms with E-state index in [4.69, 9.17) is 0 Å². The van der Waals surface area contributed by atoms with Crippen molar-refractivity contribution < 1.29 is 23.1 Å². The fourth-order valence-electron chi connectivity index (χ4n) is 3.18. The van der Waals surface area contributed by atoms with Crippen molar-refractivity contribution in [2.24, 2.45) is 0 Å². The normalized spacial score (nSPS) is 11.7. The molecule has 0 spiro atoms. The van der Waals surface area contributed by atoms with E-state index in [0.717, 1.165) is 38.4 Å². The summed E-state index contributed by atoms with van der Waals surface area (Å²) >= 11 is 1.45. The summed E-state index contributed by atoms with van der Waals surface area (Å²) in [6, 6.07) is 15.6. The van der Waals surface area contributed by atoms with E-state index in [1.807, 2.05) is 18.2 Å². The second-order valence-electron chi connectivity index (χ2n) is 6.55. The van der Waals surface area contributed by atoms with Gasteiger partial charge in [-0.25, -0.2) is 4.79 Å². The SMILES string of the molecule is O=C(O)c1cccc(-c2ccnc3cc(Cc4cccc(C(F)(F)F)c4)sc23)c1. The lowest BCUT2D eigenvalue weighted by Gasteiger charge is -2.08. The molecule has 0 fully saturated rings. The molecule has 0 radical (unpaired) electrons. The zero-order valence-electron chi connectivity index (χ0n) is 14.9. The number of nitrogens with zero attached hydrogens (tertiary/aromatic N) is 1. The Hall–Kier alpha value is -3.19. The van der Waals surface area contributed by atoms with E-state index in [9.17, 15) is 23.1 Å². The van der Waals surface area contributed by atoms with E-state index in [-0.39, 0.29) is 5.56 Å². The zero-order valence-corrected chi connectivity index (χ0v) is 15.7. The maximum atomic E-state index is 13.0. The molecule has 4 rings (SSSR count). The van der Waals surface area contributed by atoms with Gasteiger partial charge in [0.05, 0.1) is 21.3 Å². The molecule has 0 unspecified atom stereocenters. The van der Waals surface area contributed by atoms with Gasteiger partial charge in [0.15, 0.2) is 0 Å². The average Bonchev–Trinajstić information content (AvgIpc) is 3.10. The lowest BCUT2D eigenvalue weighted by molar-refractivity contribution is -0.137. The van der Waals surface area contributed by atoms with Crippen LogP contribution < -0.4 is 0 Å². The van der Waals surface area contributed by atoms with E-state index < -0.39 is 17.7 Å². The number of aromatic carboxylic acids is 1. The molecule has 0 aliphatic heterocycles. The Labute approximate surface area is 168 Å². The van der Waals surface area contributed by atoms with Crippen molar-refractivity contribution in [3.63, 3.8) is 0 Å². The molecule has 146 valence electrons. The molecule has 0 saturated carbocycles. The van der Waals surface area contributed by atoms with Gasteiger partial charge in [0, 0.05) is 23.1 Å². The van der Waals surface area contributed by atoms with E-state index in [0.29, 0.717) is 12.0 Å². The van der Waals surface area contributed by atoms with Crippen LogP contribution in [0, 0.1) is 0 Å². The van der Waals surface area contributed by atoms with E-state index in [1.54, 1.807) is 24.4 Å². The van der Waals surface area contributed by atoms with Gasteiger partial charge >= 0.3 is 12.1 Å². The fraction of sp³-hybridized carbons (Fsp3) is 0.0909. The van der Waals surface area contributed by atoms with Gasteiger partial charge < -0.3 is 5.11 Å². The number of carbonyl (C=O) groups is 1. The van der Waals surface area contributed by atoms with Gasteiger partial charge in [-0.3, -0.25) is 4.98 Å². The molecule has 0 atom stereocenters. The number of fused-ring (bicyclic) bond motifs is 1. The number of benzene rings is 2. The predicted molar refractivity (Wildman–Crippen MR) is 106 cm³/mol. The average molecular weight is 413 g/mol. The third kappa shape index (κ3) is 4.00. The highest BCUT2D eigenvalue weighted by Gasteiger charge is 2.30. The number of carboxylic acid groups (broad SMARTS) is 1. The molecular formula is C22H14F3NO2S. The van der Waals surface area contributed by atoms with Gasteiger partial charge in [-0.05, 0) is 41.5 Å². The summed E-state index contributed by atoms with van der Waals surface area (Å²) in [5.74, 6) is -1.01. The van der Waals surface area contributed by atoms with Crippen LogP contribution in [-0.2, 0) is 12.6 Å². The standard InChI is InChI=1S/C22H14F3NO2S/c23-22(24,25)16-6-1-3-13(9-16)10-17-12-19-20(29-17)18(7-8-26-19)14-4-2-5-15(11-14)21(27)28/h1-9,11-12H,10H2,(H,27,28). The molecule has 2 aromatic carbocycles. The smallest absolute Gasteiger partial charge is 0.416 e. The number of thiophene rings is 1. The van der Waals surface area contributed by atoms with Gasteiger partial charge in [0.25, 0.3) is 0 Å². The van der Waals surface area contributed by atoms with Crippen molar-refractivity contribution in [3.05, 3.63) is 88.4 Å². The molecular weight excluding hydrogens is 399 g/mol. The summed E-state index contributed by atoms with van der Waals surface area (Å²) in [5.41, 5.74) is 2.42. The molecule has 4 aromatic rings. The molecule has 29 heavy (non-hydrogen) atoms. The van der Waals surface area contributed by atoms with Gasteiger partial charge in [-0.1, -0.05) is 30.3 Å². The van der Waals surface area contributed by atoms with Crippen LogP contribution in [0.4, 0.5) is 13.2 Å². The monoisotopic (exact) mass is 413 g/mol. The topological polar surface area (TPSA) is 50.2 Å². The quantitative estimate of drug-likeness (QED) is 0.429. The maximum Gasteiger partial charge on any atom is 0.416 e. The van der Waals surface area contributed by atoms with Gasteiger partial charge in [0.1, 0.15) is 0 Å². The summed E-state index contributed by atoms with van der Waals surface area (Å²) in [4.78, 5) is 16.5. The lowest BCUT2D eigenvalue weighted by atomic mass is 10.0. The van der Waals surface area contributed by atoms with Crippen LogP contribution in [0.15, 0.2) is 66.9 Å². The molecule has 2 heterocycles. The number of carboxylic acids is 1. The van der Waals surface area contributed by atoms with Crippen molar-refractivity contribution in [2.75, 3.05) is 0 Å². The van der Waals surface area contributed by atoms with Crippen LogP contribution in [-0.4, -0.2) is 16.1 Å². The second kappa shape index (κ2) is 7.33. The number of halogens is 3. The Morgan fingerprint density at radius 1 is 1.03 bits per heavy atom. The van der Waals surface area contributed by atoms with Crippen LogP contribution in [0.5, 0.6) is 0 Å². The maximum absolute atomic E-state index is 13.0. The molecule has 0 amide bonds. The number of hydrogen-bond donors (Lipinski definition) is 1. The van der Waals surface area contributed by atoms with Crippen molar-refractivity contribution in [3.8, 4) is 11.1 Å². The Morgan fingerprint density at radius 2 is 1.83 bits per heavy atom. The van der Waals surface area contributed by atoms with E-state index in [2.05, 4.69) is 4.98 Å². The third-order valence-corrected chi connectivity index (χ3v) is 5.67. The predicted octanol–water partition coefficient (Wildman–Crippen LogP) is 6.27. The summed E-state index contributed by atoms with van der Waals surface area (Å²) in [6.07, 6.45) is -2.37. The van der Waals surface area contributed by atoms with Gasteiger partial charge in [-0.15, -0.1) is 11.3 Å². The van der Waals surface area contributed by atoms with Crippen LogP contribution in [0.1, 0.15) is 26.4 Å². The van der Waals surface area contributed by atoms with E-state index >= 15 is 0 Å². The second-order valence-corrected chi connectivity index (χ2v) is 7.68. The first-order chi connectivity index (χ1) is 13.8. The zero-order chi connectivity index (χ0) is 20.6. The molecule has 7 heteroatoms. The minimum atomic E-state index is -4.37. The third-order valence-electron chi connectivity index (χ3n) is 4.52. The summed E-state index contributed by atoms with van der Waals surface area (Å²) in [6.45, 7) is 0. The fourth-order valence-corrected chi connectivity index (χ4v) is 4.36. The number of rotatable bonds is 4. The lowest BCUT2D eigenvalue weighted by Crippen LogP contribution is -2.05. The van der Waals surface area contributed by atoms with Crippen molar-refractivity contribution in [1.82, 2.24) is 4.98 Å². The Balaban J connectivity index is 1.72. The first-order valence-electron chi connectivity index (χ1n) is 8.68. The van der Waals surface area contributed by atoms with Crippen molar-refractivity contribution >= 4 is 27.5 Å². The largest absolute Gasteiger partial charge is 0.478 e.